The Kier molecular flexibility index (Phi) is 2.76. The number of hydrogen-bond acceptors (Lipinski definition) is 3. The second-order valence-corrected chi connectivity index (χ2v) is 7.94. The fourth-order valence-corrected chi connectivity index (χ4v) is 5.87. The minimum atomic E-state index is 0.136. The van der Waals surface area contributed by atoms with Gasteiger partial charge in [-0.2, -0.15) is 0 Å². The number of anilines is 1. The lowest BCUT2D eigenvalue weighted by molar-refractivity contribution is 0.411. The van der Waals surface area contributed by atoms with Crippen LogP contribution in [0.25, 0.3) is 10.3 Å². The van der Waals surface area contributed by atoms with Gasteiger partial charge in [-0.1, -0.05) is 31.0 Å². The van der Waals surface area contributed by atoms with Gasteiger partial charge in [0.2, 0.25) is 0 Å². The molecule has 3 heterocycles. The average Bonchev–Trinajstić information content (AvgIpc) is 3.26. The number of thiophene rings is 1. The summed E-state index contributed by atoms with van der Waals surface area (Å²) < 4.78 is 7.69. The van der Waals surface area contributed by atoms with E-state index in [0.717, 1.165) is 5.58 Å². The normalized spacial score (nSPS) is 22.3. The molecule has 118 valence electrons. The van der Waals surface area contributed by atoms with Gasteiger partial charge in [-0.05, 0) is 49.8 Å². The summed E-state index contributed by atoms with van der Waals surface area (Å²) in [7, 11) is 0. The van der Waals surface area contributed by atoms with E-state index in [1.54, 1.807) is 0 Å². The number of furan rings is 1. The van der Waals surface area contributed by atoms with Crippen molar-refractivity contribution in [2.24, 2.45) is 0 Å². The van der Waals surface area contributed by atoms with Crippen molar-refractivity contribution in [2.75, 3.05) is 4.90 Å². The third kappa shape index (κ3) is 1.64. The van der Waals surface area contributed by atoms with Crippen LogP contribution >= 0.6 is 11.3 Å². The van der Waals surface area contributed by atoms with Gasteiger partial charge in [-0.25, -0.2) is 0 Å². The Balaban J connectivity index is 1.79. The summed E-state index contributed by atoms with van der Waals surface area (Å²) in [6.07, 6.45) is 5.11. The highest BCUT2D eigenvalue weighted by Crippen LogP contribution is 2.59. The summed E-state index contributed by atoms with van der Waals surface area (Å²) >= 11 is 1.84. The molecule has 0 unspecified atom stereocenters. The van der Waals surface area contributed by atoms with E-state index >= 15 is 0 Å². The first-order chi connectivity index (χ1) is 11.2. The predicted molar refractivity (Wildman–Crippen MR) is 96.3 cm³/mol. The van der Waals surface area contributed by atoms with Crippen LogP contribution in [0, 0.1) is 6.92 Å². The SMILES string of the molecule is Cc1ccccc1N1[C@@H](C)c2oc3ccsc3c2C12CCCC2. The maximum absolute atomic E-state index is 6.31. The largest absolute Gasteiger partial charge is 0.458 e. The fraction of sp³-hybridized carbons (Fsp3) is 0.400. The van der Waals surface area contributed by atoms with Crippen molar-refractivity contribution in [3.05, 3.63) is 52.6 Å². The van der Waals surface area contributed by atoms with Gasteiger partial charge < -0.3 is 9.32 Å². The van der Waals surface area contributed by atoms with Gasteiger partial charge in [-0.3, -0.25) is 0 Å². The van der Waals surface area contributed by atoms with E-state index in [0.29, 0.717) is 6.04 Å². The second kappa shape index (κ2) is 4.64. The van der Waals surface area contributed by atoms with E-state index in [-0.39, 0.29) is 5.54 Å². The minimum absolute atomic E-state index is 0.136. The highest BCUT2D eigenvalue weighted by atomic mass is 32.1. The maximum atomic E-state index is 6.31. The molecule has 3 aromatic rings. The molecule has 1 fully saturated rings. The van der Waals surface area contributed by atoms with E-state index in [1.165, 1.54) is 53.0 Å². The number of hydrogen-bond donors (Lipinski definition) is 0. The van der Waals surface area contributed by atoms with Gasteiger partial charge in [0, 0.05) is 11.3 Å². The predicted octanol–water partition coefficient (Wildman–Crippen LogP) is 6.15. The van der Waals surface area contributed by atoms with Crippen LogP contribution < -0.4 is 4.90 Å². The Labute approximate surface area is 140 Å². The van der Waals surface area contributed by atoms with Gasteiger partial charge in [0.15, 0.2) is 0 Å². The second-order valence-electron chi connectivity index (χ2n) is 7.03. The monoisotopic (exact) mass is 323 g/mol. The zero-order valence-corrected chi connectivity index (χ0v) is 14.5. The zero-order valence-electron chi connectivity index (χ0n) is 13.6. The molecule has 0 saturated heterocycles. The molecule has 2 nitrogen and oxygen atoms in total. The van der Waals surface area contributed by atoms with Crippen molar-refractivity contribution >= 4 is 27.3 Å². The summed E-state index contributed by atoms with van der Waals surface area (Å²) in [5.41, 5.74) is 5.45. The van der Waals surface area contributed by atoms with Gasteiger partial charge in [0.25, 0.3) is 0 Å². The van der Waals surface area contributed by atoms with Crippen LogP contribution in [0.15, 0.2) is 40.1 Å². The van der Waals surface area contributed by atoms with E-state index in [4.69, 9.17) is 4.42 Å². The van der Waals surface area contributed by atoms with Crippen LogP contribution in [0.1, 0.15) is 55.5 Å². The summed E-state index contributed by atoms with van der Waals surface area (Å²) in [5.74, 6) is 1.21. The van der Waals surface area contributed by atoms with Gasteiger partial charge >= 0.3 is 0 Å². The molecule has 1 spiro atoms. The Morgan fingerprint density at radius 1 is 1.17 bits per heavy atom. The van der Waals surface area contributed by atoms with Crippen LogP contribution in [0.2, 0.25) is 0 Å². The molecule has 1 atom stereocenters. The van der Waals surface area contributed by atoms with Crippen LogP contribution in [-0.4, -0.2) is 0 Å². The lowest BCUT2D eigenvalue weighted by Gasteiger charge is -2.40. The number of para-hydroxylation sites is 1. The highest BCUT2D eigenvalue weighted by molar-refractivity contribution is 7.17. The van der Waals surface area contributed by atoms with E-state index in [1.807, 2.05) is 11.3 Å². The Morgan fingerprint density at radius 3 is 2.74 bits per heavy atom. The third-order valence-corrected chi connectivity index (χ3v) is 6.73. The summed E-state index contributed by atoms with van der Waals surface area (Å²) in [6.45, 7) is 4.54. The number of rotatable bonds is 1. The highest BCUT2D eigenvalue weighted by Gasteiger charge is 2.54. The quantitative estimate of drug-likeness (QED) is 0.534. The summed E-state index contributed by atoms with van der Waals surface area (Å²) in [4.78, 5) is 2.67. The molecular weight excluding hydrogens is 302 g/mol. The minimum Gasteiger partial charge on any atom is -0.458 e. The summed E-state index contributed by atoms with van der Waals surface area (Å²) in [5, 5.41) is 2.16. The maximum Gasteiger partial charge on any atom is 0.145 e. The van der Waals surface area contributed by atoms with Crippen molar-refractivity contribution in [3.8, 4) is 0 Å². The van der Waals surface area contributed by atoms with Crippen molar-refractivity contribution in [3.63, 3.8) is 0 Å². The first-order valence-corrected chi connectivity index (χ1v) is 9.46. The number of benzene rings is 1. The molecule has 5 rings (SSSR count). The molecular formula is C20H21NOS. The smallest absolute Gasteiger partial charge is 0.145 e. The van der Waals surface area contributed by atoms with E-state index < -0.39 is 0 Å². The summed E-state index contributed by atoms with van der Waals surface area (Å²) in [6, 6.07) is 11.2. The molecule has 1 aliphatic heterocycles. The first-order valence-electron chi connectivity index (χ1n) is 8.58. The Hall–Kier alpha value is -1.74. The molecule has 2 aliphatic rings. The molecule has 0 radical (unpaired) electrons. The van der Waals surface area contributed by atoms with Gasteiger partial charge in [-0.15, -0.1) is 11.3 Å². The van der Waals surface area contributed by atoms with Crippen molar-refractivity contribution < 1.29 is 4.42 Å². The first kappa shape index (κ1) is 13.7. The van der Waals surface area contributed by atoms with Crippen molar-refractivity contribution in [1.82, 2.24) is 0 Å². The fourth-order valence-electron chi connectivity index (χ4n) is 4.91. The molecule has 0 amide bonds. The van der Waals surface area contributed by atoms with Crippen molar-refractivity contribution in [1.29, 1.82) is 0 Å². The lowest BCUT2D eigenvalue weighted by atomic mass is 9.89. The standard InChI is InChI=1S/C20H21NOS/c1-13-7-3-4-8-15(13)21-14(2)18-17(20(21)10-5-6-11-20)19-16(22-18)9-12-23-19/h3-4,7-9,12,14H,5-6,10-11H2,1-2H3/t14-/m0/s1. The molecule has 1 aliphatic carbocycles. The Bertz CT molecular complexity index is 884. The van der Waals surface area contributed by atoms with E-state index in [2.05, 4.69) is 54.5 Å². The Morgan fingerprint density at radius 2 is 1.96 bits per heavy atom. The molecule has 0 bridgehead atoms. The molecule has 1 aromatic carbocycles. The topological polar surface area (TPSA) is 16.4 Å². The zero-order chi connectivity index (χ0) is 15.6. The van der Waals surface area contributed by atoms with Crippen LogP contribution in [0.4, 0.5) is 5.69 Å². The molecule has 1 saturated carbocycles. The van der Waals surface area contributed by atoms with Crippen LogP contribution in [0.5, 0.6) is 0 Å². The average molecular weight is 323 g/mol. The number of nitrogens with zero attached hydrogens (tertiary/aromatic N) is 1. The molecule has 2 aromatic heterocycles. The van der Waals surface area contributed by atoms with Gasteiger partial charge in [0.1, 0.15) is 11.3 Å². The third-order valence-electron chi connectivity index (χ3n) is 5.82. The number of aryl methyl sites for hydroxylation is 1. The van der Waals surface area contributed by atoms with Crippen LogP contribution in [0.3, 0.4) is 0 Å². The molecule has 23 heavy (non-hydrogen) atoms. The van der Waals surface area contributed by atoms with Gasteiger partial charge in [0.05, 0.1) is 16.3 Å². The van der Waals surface area contributed by atoms with Crippen LogP contribution in [-0.2, 0) is 5.54 Å². The molecule has 0 N–H and O–H groups in total. The molecule has 3 heteroatoms. The van der Waals surface area contributed by atoms with E-state index in [9.17, 15) is 0 Å². The number of fused-ring (bicyclic) bond motifs is 4. The van der Waals surface area contributed by atoms with Crippen molar-refractivity contribution in [2.45, 2.75) is 51.1 Å². The lowest BCUT2D eigenvalue weighted by Crippen LogP contribution is -2.40.